The number of benzene rings is 2. The molecule has 3 aliphatic heterocycles. The average molecular weight is 492 g/mol. The van der Waals surface area contributed by atoms with Crippen molar-refractivity contribution in [1.82, 2.24) is 25.2 Å². The van der Waals surface area contributed by atoms with Crippen molar-refractivity contribution in [2.45, 2.75) is 32.1 Å². The van der Waals surface area contributed by atoms with Gasteiger partial charge in [-0.2, -0.15) is 15.4 Å². The molecule has 0 radical (unpaired) electrons. The predicted molar refractivity (Wildman–Crippen MR) is 135 cm³/mol. The third-order valence-electron chi connectivity index (χ3n) is 7.53. The molecule has 0 aliphatic carbocycles. The fourth-order valence-corrected chi connectivity index (χ4v) is 5.44. The monoisotopic (exact) mass is 491 g/mol. The van der Waals surface area contributed by atoms with Gasteiger partial charge in [0.1, 0.15) is 23.4 Å². The lowest BCUT2D eigenvalue weighted by atomic mass is 9.75. The molecule has 2 amide bonds. The van der Waals surface area contributed by atoms with Gasteiger partial charge in [-0.3, -0.25) is 9.59 Å². The van der Waals surface area contributed by atoms with Crippen LogP contribution in [0.5, 0.6) is 5.75 Å². The van der Waals surface area contributed by atoms with E-state index < -0.39 is 0 Å². The second-order valence-electron chi connectivity index (χ2n) is 9.85. The third-order valence-corrected chi connectivity index (χ3v) is 7.53. The van der Waals surface area contributed by atoms with Gasteiger partial charge in [0.05, 0.1) is 18.7 Å². The maximum absolute atomic E-state index is 13.5. The quantitative estimate of drug-likeness (QED) is 0.602. The Balaban J connectivity index is 1.39. The Labute approximate surface area is 210 Å². The molecule has 9 heteroatoms. The third kappa shape index (κ3) is 5.06. The summed E-state index contributed by atoms with van der Waals surface area (Å²) < 4.78 is 11.7. The highest BCUT2D eigenvalue weighted by molar-refractivity contribution is 5.97. The van der Waals surface area contributed by atoms with Crippen molar-refractivity contribution in [3.8, 4) is 5.75 Å². The number of H-pyrrole nitrogens is 1. The molecular formula is C27H33N5O4. The molecule has 9 nitrogen and oxygen atoms in total. The highest BCUT2D eigenvalue weighted by atomic mass is 16.5. The first kappa shape index (κ1) is 24.2. The number of nitrogens with one attached hydrogen (secondary N) is 1. The number of ether oxygens (including phenoxy) is 2. The number of rotatable bonds is 3. The standard InChI is InChI=1S/C27H33N5O4/c1-35-19-27-10-4-5-13-31(25(33)20-8-9-22-23(18-20)29-30-28-22)16-17-36-24-7-3-2-6-21(24)26(34)32(14-11-27)15-12-27/h2-3,6-9,18H,4-5,10-17,19H2,1H3,(H,28,29,30). The largest absolute Gasteiger partial charge is 0.491 e. The summed E-state index contributed by atoms with van der Waals surface area (Å²) in [5.74, 6) is 0.499. The van der Waals surface area contributed by atoms with E-state index in [2.05, 4.69) is 15.4 Å². The first-order valence-corrected chi connectivity index (χ1v) is 12.7. The minimum Gasteiger partial charge on any atom is -0.491 e. The van der Waals surface area contributed by atoms with Gasteiger partial charge in [0.2, 0.25) is 0 Å². The molecule has 1 saturated heterocycles. The molecule has 0 saturated carbocycles. The van der Waals surface area contributed by atoms with Gasteiger partial charge >= 0.3 is 0 Å². The number of amides is 2. The predicted octanol–water partition coefficient (Wildman–Crippen LogP) is 3.53. The van der Waals surface area contributed by atoms with Gasteiger partial charge in [-0.05, 0) is 61.4 Å². The molecule has 0 spiro atoms. The molecule has 0 unspecified atom stereocenters. The normalized spacial score (nSPS) is 18.9. The van der Waals surface area contributed by atoms with Crippen molar-refractivity contribution in [3.05, 3.63) is 53.6 Å². The Bertz CT molecular complexity index is 1220. The van der Waals surface area contributed by atoms with E-state index in [1.165, 1.54) is 0 Å². The van der Waals surface area contributed by atoms with Crippen LogP contribution in [0.2, 0.25) is 0 Å². The molecule has 190 valence electrons. The summed E-state index contributed by atoms with van der Waals surface area (Å²) >= 11 is 0. The number of hydrogen-bond donors (Lipinski definition) is 1. The van der Waals surface area contributed by atoms with Crippen molar-refractivity contribution in [2.75, 3.05) is 46.5 Å². The van der Waals surface area contributed by atoms with Gasteiger partial charge in [0, 0.05) is 32.3 Å². The Kier molecular flexibility index (Phi) is 7.18. The van der Waals surface area contributed by atoms with Gasteiger partial charge < -0.3 is 19.3 Å². The van der Waals surface area contributed by atoms with E-state index in [-0.39, 0.29) is 17.2 Å². The summed E-state index contributed by atoms with van der Waals surface area (Å²) in [5, 5.41) is 10.8. The fraction of sp³-hybridized carbons (Fsp3) is 0.481. The molecule has 1 fully saturated rings. The first-order valence-electron chi connectivity index (χ1n) is 12.7. The molecule has 2 bridgehead atoms. The number of nitrogens with zero attached hydrogens (tertiary/aromatic N) is 4. The van der Waals surface area contributed by atoms with Crippen LogP contribution >= 0.6 is 0 Å². The Hall–Kier alpha value is -3.46. The van der Waals surface area contributed by atoms with Crippen LogP contribution in [0, 0.1) is 5.41 Å². The lowest BCUT2D eigenvalue weighted by molar-refractivity contribution is 0.0136. The van der Waals surface area contributed by atoms with E-state index >= 15 is 0 Å². The van der Waals surface area contributed by atoms with Gasteiger partial charge in [-0.15, -0.1) is 0 Å². The lowest BCUT2D eigenvalue weighted by Crippen LogP contribution is -2.45. The number of hydrogen-bond acceptors (Lipinski definition) is 6. The van der Waals surface area contributed by atoms with Crippen molar-refractivity contribution in [1.29, 1.82) is 0 Å². The molecule has 2 aromatic carbocycles. The molecule has 3 aliphatic rings. The SMILES string of the molecule is COCC12CCCCN(C(=O)c3ccc4n[nH]nc4c3)CCOc3ccccc3C(=O)N(CC1)CC2. The van der Waals surface area contributed by atoms with Crippen LogP contribution < -0.4 is 4.74 Å². The average Bonchev–Trinajstić information content (AvgIpc) is 3.38. The molecule has 4 heterocycles. The summed E-state index contributed by atoms with van der Waals surface area (Å²) in [6.45, 7) is 3.47. The van der Waals surface area contributed by atoms with Crippen molar-refractivity contribution >= 4 is 22.8 Å². The minimum absolute atomic E-state index is 0.000311. The number of para-hydroxylation sites is 1. The van der Waals surface area contributed by atoms with Gasteiger partial charge in [0.15, 0.2) is 0 Å². The van der Waals surface area contributed by atoms with Crippen molar-refractivity contribution < 1.29 is 19.1 Å². The van der Waals surface area contributed by atoms with Crippen LogP contribution in [0.1, 0.15) is 52.8 Å². The van der Waals surface area contributed by atoms with E-state index in [9.17, 15) is 9.59 Å². The summed E-state index contributed by atoms with van der Waals surface area (Å²) in [7, 11) is 1.75. The van der Waals surface area contributed by atoms with E-state index in [0.29, 0.717) is 61.8 Å². The van der Waals surface area contributed by atoms with Crippen LogP contribution in [0.4, 0.5) is 0 Å². The van der Waals surface area contributed by atoms with Crippen LogP contribution in [0.25, 0.3) is 11.0 Å². The summed E-state index contributed by atoms with van der Waals surface area (Å²) in [6, 6.07) is 12.8. The zero-order chi connectivity index (χ0) is 25.0. The zero-order valence-electron chi connectivity index (χ0n) is 20.7. The highest BCUT2D eigenvalue weighted by Crippen LogP contribution is 2.38. The summed E-state index contributed by atoms with van der Waals surface area (Å²) in [6.07, 6.45) is 4.72. The van der Waals surface area contributed by atoms with Crippen molar-refractivity contribution in [2.24, 2.45) is 5.41 Å². The summed E-state index contributed by atoms with van der Waals surface area (Å²) in [5.41, 5.74) is 2.60. The van der Waals surface area contributed by atoms with Crippen LogP contribution in [-0.4, -0.2) is 83.5 Å². The number of aromatic nitrogens is 3. The number of fused-ring (bicyclic) bond motifs is 10. The number of methoxy groups -OCH3 is 1. The smallest absolute Gasteiger partial charge is 0.257 e. The molecule has 0 atom stereocenters. The number of carbonyl (C=O) groups is 2. The fourth-order valence-electron chi connectivity index (χ4n) is 5.44. The van der Waals surface area contributed by atoms with Gasteiger partial charge in [0.25, 0.3) is 11.8 Å². The second-order valence-corrected chi connectivity index (χ2v) is 9.85. The molecule has 1 aromatic heterocycles. The van der Waals surface area contributed by atoms with Gasteiger partial charge in [-0.1, -0.05) is 18.6 Å². The minimum atomic E-state index is -0.0594. The lowest BCUT2D eigenvalue weighted by Gasteiger charge is -2.41. The zero-order valence-corrected chi connectivity index (χ0v) is 20.7. The highest BCUT2D eigenvalue weighted by Gasteiger charge is 2.36. The van der Waals surface area contributed by atoms with E-state index in [4.69, 9.17) is 9.47 Å². The molecule has 3 aromatic rings. The number of aromatic amines is 1. The Morgan fingerprint density at radius 1 is 1.03 bits per heavy atom. The Morgan fingerprint density at radius 3 is 2.67 bits per heavy atom. The first-order chi connectivity index (χ1) is 17.6. The van der Waals surface area contributed by atoms with E-state index in [1.807, 2.05) is 34.1 Å². The van der Waals surface area contributed by atoms with E-state index in [0.717, 1.165) is 37.6 Å². The number of carbonyl (C=O) groups excluding carboxylic acids is 2. The topological polar surface area (TPSA) is 101 Å². The maximum atomic E-state index is 13.5. The second kappa shape index (κ2) is 10.7. The maximum Gasteiger partial charge on any atom is 0.257 e. The van der Waals surface area contributed by atoms with Crippen LogP contribution in [-0.2, 0) is 4.74 Å². The van der Waals surface area contributed by atoms with Gasteiger partial charge in [-0.25, -0.2) is 0 Å². The molecule has 36 heavy (non-hydrogen) atoms. The number of piperidine rings is 1. The van der Waals surface area contributed by atoms with Crippen molar-refractivity contribution in [3.63, 3.8) is 0 Å². The Morgan fingerprint density at radius 2 is 1.83 bits per heavy atom. The van der Waals surface area contributed by atoms with E-state index in [1.54, 1.807) is 25.3 Å². The van der Waals surface area contributed by atoms with Crippen LogP contribution in [0.15, 0.2) is 42.5 Å². The molecular weight excluding hydrogens is 458 g/mol. The van der Waals surface area contributed by atoms with Crippen LogP contribution in [0.3, 0.4) is 0 Å². The summed E-state index contributed by atoms with van der Waals surface area (Å²) in [4.78, 5) is 30.6. The molecule has 6 rings (SSSR count). The molecule has 1 N–H and O–H groups in total.